The van der Waals surface area contributed by atoms with Crippen molar-refractivity contribution >= 4 is 28.5 Å². The molecule has 0 bridgehead atoms. The second kappa shape index (κ2) is 16.1. The molecule has 1 fully saturated rings. The summed E-state index contributed by atoms with van der Waals surface area (Å²) in [4.78, 5) is 39.0. The van der Waals surface area contributed by atoms with Crippen LogP contribution in [-0.4, -0.2) is 40.8 Å². The van der Waals surface area contributed by atoms with E-state index >= 15 is 4.39 Å². The number of carbonyl (C=O) groups is 2. The van der Waals surface area contributed by atoms with E-state index < -0.39 is 17.2 Å². The standard InChI is InChI=1S/C35H49FN2O5/c1-3-4-5-6-7-8-9-10-11-12-13-14-15-16-31(39)43-26-19-21-37(22-20-26)33-27-18-17-25(2)38-24-29(35(41)42)34(40)28(32(27)38)23-30(33)36/h8-9,23-26H,3-7,10-22H2,1-2H3,(H,41,42)/b9-8-. The number of halogens is 1. The van der Waals surface area contributed by atoms with Crippen LogP contribution in [0.4, 0.5) is 10.1 Å². The smallest absolute Gasteiger partial charge is 0.341 e. The summed E-state index contributed by atoms with van der Waals surface area (Å²) in [6.07, 6.45) is 21.9. The Morgan fingerprint density at radius 2 is 1.65 bits per heavy atom. The van der Waals surface area contributed by atoms with Crippen LogP contribution in [-0.2, 0) is 16.0 Å². The van der Waals surface area contributed by atoms with Crippen LogP contribution in [0, 0.1) is 5.82 Å². The molecule has 0 amide bonds. The van der Waals surface area contributed by atoms with Crippen LogP contribution in [0.25, 0.3) is 10.9 Å². The van der Waals surface area contributed by atoms with Gasteiger partial charge in [-0.3, -0.25) is 9.59 Å². The molecular weight excluding hydrogens is 547 g/mol. The summed E-state index contributed by atoms with van der Waals surface area (Å²) < 4.78 is 23.1. The number of carboxylic acids is 1. The molecule has 4 rings (SSSR count). The Morgan fingerprint density at radius 1 is 1.00 bits per heavy atom. The number of aromatic carboxylic acids is 1. The maximum Gasteiger partial charge on any atom is 0.341 e. The quantitative estimate of drug-likeness (QED) is 0.120. The highest BCUT2D eigenvalue weighted by Crippen LogP contribution is 2.39. The Hall–Kier alpha value is -3.16. The van der Waals surface area contributed by atoms with Crippen molar-refractivity contribution < 1.29 is 23.8 Å². The van der Waals surface area contributed by atoms with E-state index in [0.29, 0.717) is 50.0 Å². The summed E-state index contributed by atoms with van der Waals surface area (Å²) in [6, 6.07) is 1.21. The number of nitrogens with zero attached hydrogens (tertiary/aromatic N) is 2. The number of aryl methyl sites for hydroxylation is 1. The molecule has 0 aliphatic carbocycles. The number of hydrogen-bond acceptors (Lipinski definition) is 5. The Kier molecular flexibility index (Phi) is 12.2. The minimum Gasteiger partial charge on any atom is -0.477 e. The van der Waals surface area contributed by atoms with E-state index in [1.807, 2.05) is 16.4 Å². The number of esters is 1. The van der Waals surface area contributed by atoms with Crippen molar-refractivity contribution in [3.05, 3.63) is 51.6 Å². The number of ether oxygens (including phenoxy) is 1. The average Bonchev–Trinajstić information content (AvgIpc) is 2.98. The lowest BCUT2D eigenvalue weighted by atomic mass is 9.93. The SMILES string of the molecule is CCCCCC/C=C\CCCCCCCC(=O)OC1CCN(c2c(F)cc3c(=O)c(C(=O)O)cn4c3c2CCC4C)CC1. The van der Waals surface area contributed by atoms with Gasteiger partial charge in [0.2, 0.25) is 5.43 Å². The summed E-state index contributed by atoms with van der Waals surface area (Å²) >= 11 is 0. The van der Waals surface area contributed by atoms with Gasteiger partial charge >= 0.3 is 11.9 Å². The van der Waals surface area contributed by atoms with Crippen molar-refractivity contribution in [3.63, 3.8) is 0 Å². The topological polar surface area (TPSA) is 88.8 Å². The fourth-order valence-corrected chi connectivity index (χ4v) is 6.56. The fourth-order valence-electron chi connectivity index (χ4n) is 6.56. The highest BCUT2D eigenvalue weighted by molar-refractivity contribution is 5.95. The molecule has 7 nitrogen and oxygen atoms in total. The fraction of sp³-hybridized carbons (Fsp3) is 0.629. The predicted octanol–water partition coefficient (Wildman–Crippen LogP) is 8.12. The van der Waals surface area contributed by atoms with E-state index in [9.17, 15) is 19.5 Å². The molecule has 1 saturated heterocycles. The molecule has 43 heavy (non-hydrogen) atoms. The molecule has 0 spiro atoms. The lowest BCUT2D eigenvalue weighted by molar-refractivity contribution is -0.150. The molecule has 1 aromatic carbocycles. The van der Waals surface area contributed by atoms with Gasteiger partial charge in [-0.05, 0) is 57.9 Å². The zero-order valence-electron chi connectivity index (χ0n) is 26.0. The van der Waals surface area contributed by atoms with Gasteiger partial charge in [0.25, 0.3) is 0 Å². The third-order valence-electron chi connectivity index (χ3n) is 9.06. The van der Waals surface area contributed by atoms with Crippen LogP contribution in [0.3, 0.4) is 0 Å². The minimum absolute atomic E-state index is 0.00391. The molecule has 1 atom stereocenters. The van der Waals surface area contributed by atoms with Crippen LogP contribution in [0.1, 0.15) is 132 Å². The summed E-state index contributed by atoms with van der Waals surface area (Å²) in [6.45, 7) is 5.32. The maximum atomic E-state index is 15.6. The molecule has 1 N–H and O–H groups in total. The van der Waals surface area contributed by atoms with Gasteiger partial charge in [-0.1, -0.05) is 57.6 Å². The van der Waals surface area contributed by atoms with Gasteiger partial charge in [-0.2, -0.15) is 0 Å². The van der Waals surface area contributed by atoms with E-state index in [-0.39, 0.29) is 29.1 Å². The van der Waals surface area contributed by atoms with Gasteiger partial charge < -0.3 is 19.3 Å². The lowest BCUT2D eigenvalue weighted by Crippen LogP contribution is -2.39. The van der Waals surface area contributed by atoms with E-state index in [2.05, 4.69) is 19.1 Å². The van der Waals surface area contributed by atoms with Gasteiger partial charge in [0, 0.05) is 55.5 Å². The first-order chi connectivity index (χ1) is 20.8. The number of hydrogen-bond donors (Lipinski definition) is 1. The first-order valence-corrected chi connectivity index (χ1v) is 16.5. The van der Waals surface area contributed by atoms with Crippen molar-refractivity contribution in [2.24, 2.45) is 0 Å². The van der Waals surface area contributed by atoms with Crippen molar-refractivity contribution in [1.82, 2.24) is 4.57 Å². The van der Waals surface area contributed by atoms with E-state index in [1.165, 1.54) is 57.2 Å². The zero-order chi connectivity index (χ0) is 30.8. The monoisotopic (exact) mass is 596 g/mol. The number of anilines is 1. The van der Waals surface area contributed by atoms with Crippen LogP contribution in [0.15, 0.2) is 29.2 Å². The van der Waals surface area contributed by atoms with Crippen molar-refractivity contribution in [2.45, 2.75) is 129 Å². The summed E-state index contributed by atoms with van der Waals surface area (Å²) in [7, 11) is 0. The van der Waals surface area contributed by atoms with E-state index in [0.717, 1.165) is 37.7 Å². The lowest BCUT2D eigenvalue weighted by Gasteiger charge is -2.36. The Balaban J connectivity index is 1.22. The third kappa shape index (κ3) is 8.48. The first kappa shape index (κ1) is 32.7. The zero-order valence-corrected chi connectivity index (χ0v) is 26.0. The number of carboxylic acid groups (broad SMARTS) is 1. The van der Waals surface area contributed by atoms with Gasteiger partial charge in [0.15, 0.2) is 0 Å². The summed E-state index contributed by atoms with van der Waals surface area (Å²) in [5.74, 6) is -1.95. The highest BCUT2D eigenvalue weighted by atomic mass is 19.1. The minimum atomic E-state index is -1.30. The Bertz CT molecular complexity index is 1340. The number of aromatic nitrogens is 1. The predicted molar refractivity (Wildman–Crippen MR) is 170 cm³/mol. The number of carbonyl (C=O) groups excluding carboxylic acids is 1. The second-order valence-electron chi connectivity index (χ2n) is 12.4. The molecule has 0 radical (unpaired) electrons. The summed E-state index contributed by atoms with van der Waals surface area (Å²) in [5.41, 5.74) is 0.899. The van der Waals surface area contributed by atoms with Gasteiger partial charge in [0.1, 0.15) is 17.5 Å². The van der Waals surface area contributed by atoms with Gasteiger partial charge in [-0.25, -0.2) is 9.18 Å². The molecule has 8 heteroatoms. The van der Waals surface area contributed by atoms with E-state index in [1.54, 1.807) is 0 Å². The van der Waals surface area contributed by atoms with Crippen molar-refractivity contribution in [3.8, 4) is 0 Å². The maximum absolute atomic E-state index is 15.6. The molecule has 236 valence electrons. The van der Waals surface area contributed by atoms with Crippen molar-refractivity contribution in [1.29, 1.82) is 0 Å². The van der Waals surface area contributed by atoms with Crippen LogP contribution < -0.4 is 10.3 Å². The Labute approximate surface area is 255 Å². The van der Waals surface area contributed by atoms with Crippen molar-refractivity contribution in [2.75, 3.05) is 18.0 Å². The largest absolute Gasteiger partial charge is 0.477 e. The molecule has 2 aromatic rings. The molecule has 3 heterocycles. The van der Waals surface area contributed by atoms with E-state index in [4.69, 9.17) is 4.74 Å². The number of allylic oxidation sites excluding steroid dienone is 2. The third-order valence-corrected chi connectivity index (χ3v) is 9.06. The summed E-state index contributed by atoms with van der Waals surface area (Å²) in [5, 5.41) is 9.64. The Morgan fingerprint density at radius 3 is 2.33 bits per heavy atom. The van der Waals surface area contributed by atoms with Gasteiger partial charge in [0.05, 0.1) is 11.2 Å². The van der Waals surface area contributed by atoms with Gasteiger partial charge in [-0.15, -0.1) is 0 Å². The number of piperidine rings is 1. The first-order valence-electron chi connectivity index (χ1n) is 16.5. The number of rotatable bonds is 16. The normalized spacial score (nSPS) is 17.2. The second-order valence-corrected chi connectivity index (χ2v) is 12.4. The molecule has 2 aliphatic rings. The van der Waals surface area contributed by atoms with Crippen LogP contribution in [0.2, 0.25) is 0 Å². The van der Waals surface area contributed by atoms with Crippen LogP contribution in [0.5, 0.6) is 0 Å². The average molecular weight is 597 g/mol. The number of pyridine rings is 1. The number of benzene rings is 1. The van der Waals surface area contributed by atoms with Crippen LogP contribution >= 0.6 is 0 Å². The highest BCUT2D eigenvalue weighted by Gasteiger charge is 2.31. The molecule has 0 saturated carbocycles. The number of unbranched alkanes of at least 4 members (excludes halogenated alkanes) is 9. The molecule has 1 aromatic heterocycles. The molecular formula is C35H49FN2O5. The molecule has 1 unspecified atom stereocenters. The molecule has 2 aliphatic heterocycles.